The van der Waals surface area contributed by atoms with Crippen LogP contribution in [-0.4, -0.2) is 17.7 Å². The van der Waals surface area contributed by atoms with Crippen LogP contribution in [0.15, 0.2) is 12.3 Å². The van der Waals surface area contributed by atoms with Gasteiger partial charge < -0.3 is 9.47 Å². The number of rotatable bonds is 3. The van der Waals surface area contributed by atoms with Crippen LogP contribution in [0.1, 0.15) is 34.6 Å². The Morgan fingerprint density at radius 3 is 2.23 bits per heavy atom. The predicted molar refractivity (Wildman–Crippen MR) is 51.2 cm³/mol. The van der Waals surface area contributed by atoms with Gasteiger partial charge in [-0.15, -0.1) is 0 Å². The van der Waals surface area contributed by atoms with Gasteiger partial charge in [-0.1, -0.05) is 0 Å². The normalized spacial score (nSPS) is 12.2. The average Bonchev–Trinajstić information content (AvgIpc) is 1.81. The maximum Gasteiger partial charge on any atom is 0.334 e. The van der Waals surface area contributed by atoms with Crippen molar-refractivity contribution in [3.05, 3.63) is 12.3 Å². The minimum absolute atomic E-state index is 0.0821. The summed E-state index contributed by atoms with van der Waals surface area (Å²) in [6.45, 7) is 9.24. The van der Waals surface area contributed by atoms with Crippen LogP contribution < -0.4 is 0 Å². The molecule has 0 atom stereocenters. The molecular formula is C10H18O3. The summed E-state index contributed by atoms with van der Waals surface area (Å²) in [5.74, 6) is -0.381. The molecule has 0 spiro atoms. The molecule has 0 bridgehead atoms. The molecule has 0 saturated heterocycles. The van der Waals surface area contributed by atoms with Crippen molar-refractivity contribution in [2.24, 2.45) is 0 Å². The van der Waals surface area contributed by atoms with Crippen molar-refractivity contribution in [3.63, 3.8) is 0 Å². The molecule has 0 aromatic heterocycles. The third kappa shape index (κ3) is 8.92. The number of carbonyl (C=O) groups excluding carboxylic acids is 1. The summed E-state index contributed by atoms with van der Waals surface area (Å²) in [5.41, 5.74) is -0.445. The van der Waals surface area contributed by atoms with Crippen LogP contribution in [0.4, 0.5) is 0 Å². The molecular weight excluding hydrogens is 168 g/mol. The Morgan fingerprint density at radius 1 is 1.31 bits per heavy atom. The molecule has 0 radical (unpaired) electrons. The first-order valence-corrected chi connectivity index (χ1v) is 4.36. The van der Waals surface area contributed by atoms with Gasteiger partial charge in [0.1, 0.15) is 5.60 Å². The van der Waals surface area contributed by atoms with E-state index in [1.165, 1.54) is 12.3 Å². The van der Waals surface area contributed by atoms with Crippen molar-refractivity contribution in [2.45, 2.75) is 46.3 Å². The predicted octanol–water partition coefficient (Wildman–Crippen LogP) is 2.27. The molecule has 76 valence electrons. The van der Waals surface area contributed by atoms with Crippen molar-refractivity contribution >= 4 is 5.97 Å². The topological polar surface area (TPSA) is 35.5 Å². The zero-order chi connectivity index (χ0) is 10.5. The van der Waals surface area contributed by atoms with Gasteiger partial charge in [-0.05, 0) is 34.6 Å². The monoisotopic (exact) mass is 186 g/mol. The van der Waals surface area contributed by atoms with E-state index in [1.54, 1.807) is 0 Å². The van der Waals surface area contributed by atoms with E-state index in [9.17, 15) is 4.79 Å². The van der Waals surface area contributed by atoms with Crippen molar-refractivity contribution in [1.82, 2.24) is 0 Å². The molecule has 0 N–H and O–H groups in total. The van der Waals surface area contributed by atoms with Crippen molar-refractivity contribution < 1.29 is 14.3 Å². The van der Waals surface area contributed by atoms with Gasteiger partial charge in [0.25, 0.3) is 0 Å². The van der Waals surface area contributed by atoms with Crippen LogP contribution in [0.5, 0.6) is 0 Å². The lowest BCUT2D eigenvalue weighted by atomic mass is 10.2. The molecule has 0 amide bonds. The van der Waals surface area contributed by atoms with Gasteiger partial charge in [-0.2, -0.15) is 0 Å². The number of ether oxygens (including phenoxy) is 2. The summed E-state index contributed by atoms with van der Waals surface area (Å²) >= 11 is 0. The first kappa shape index (κ1) is 12.0. The van der Waals surface area contributed by atoms with E-state index in [-0.39, 0.29) is 12.1 Å². The molecule has 0 aromatic rings. The zero-order valence-electron chi connectivity index (χ0n) is 8.96. The van der Waals surface area contributed by atoms with E-state index in [4.69, 9.17) is 9.47 Å². The number of esters is 1. The molecule has 0 aliphatic heterocycles. The van der Waals surface area contributed by atoms with E-state index in [2.05, 4.69) is 0 Å². The second-order valence-electron chi connectivity index (χ2n) is 4.02. The third-order valence-corrected chi connectivity index (χ3v) is 0.962. The highest BCUT2D eigenvalue weighted by Gasteiger charge is 2.13. The first-order valence-electron chi connectivity index (χ1n) is 4.36. The van der Waals surface area contributed by atoms with Gasteiger partial charge in [-0.25, -0.2) is 4.79 Å². The third-order valence-electron chi connectivity index (χ3n) is 0.962. The number of hydrogen-bond donors (Lipinski definition) is 0. The van der Waals surface area contributed by atoms with Crippen molar-refractivity contribution in [3.8, 4) is 0 Å². The molecule has 0 aliphatic rings. The second kappa shape index (κ2) is 4.90. The Balaban J connectivity index is 3.81. The smallest absolute Gasteiger partial charge is 0.334 e. The van der Waals surface area contributed by atoms with Crippen molar-refractivity contribution in [2.75, 3.05) is 0 Å². The number of carbonyl (C=O) groups is 1. The van der Waals surface area contributed by atoms with E-state index < -0.39 is 5.60 Å². The maximum absolute atomic E-state index is 11.1. The van der Waals surface area contributed by atoms with Crippen LogP contribution >= 0.6 is 0 Å². The van der Waals surface area contributed by atoms with Crippen LogP contribution in [0.2, 0.25) is 0 Å². The number of hydrogen-bond acceptors (Lipinski definition) is 3. The minimum Gasteiger partial charge on any atom is -0.498 e. The highest BCUT2D eigenvalue weighted by atomic mass is 16.6. The summed E-state index contributed by atoms with van der Waals surface area (Å²) in [4.78, 5) is 11.1. The molecule has 3 heteroatoms. The van der Waals surface area contributed by atoms with Crippen molar-refractivity contribution in [1.29, 1.82) is 0 Å². The molecule has 0 saturated carbocycles. The highest BCUT2D eigenvalue weighted by Crippen LogP contribution is 2.07. The minimum atomic E-state index is -0.445. The van der Waals surface area contributed by atoms with Gasteiger partial charge in [0.2, 0.25) is 0 Å². The average molecular weight is 186 g/mol. The van der Waals surface area contributed by atoms with Crippen LogP contribution in [-0.2, 0) is 14.3 Å². The molecule has 0 aromatic carbocycles. The maximum atomic E-state index is 11.1. The van der Waals surface area contributed by atoms with Gasteiger partial charge in [0.15, 0.2) is 0 Å². The lowest BCUT2D eigenvalue weighted by Crippen LogP contribution is -2.22. The van der Waals surface area contributed by atoms with E-state index in [1.807, 2.05) is 34.6 Å². The molecule has 0 heterocycles. The van der Waals surface area contributed by atoms with E-state index >= 15 is 0 Å². The SMILES string of the molecule is CC(C)OC=CC(=O)OC(C)(C)C. The Bertz CT molecular complexity index is 187. The van der Waals surface area contributed by atoms with Gasteiger partial charge in [0.05, 0.1) is 18.4 Å². The highest BCUT2D eigenvalue weighted by molar-refractivity contribution is 5.81. The summed E-state index contributed by atoms with van der Waals surface area (Å²) < 4.78 is 10.1. The summed E-state index contributed by atoms with van der Waals surface area (Å²) in [5, 5.41) is 0. The van der Waals surface area contributed by atoms with E-state index in [0.717, 1.165) is 0 Å². The van der Waals surface area contributed by atoms with E-state index in [0.29, 0.717) is 0 Å². The van der Waals surface area contributed by atoms with Crippen LogP contribution in [0.3, 0.4) is 0 Å². The van der Waals surface area contributed by atoms with Crippen LogP contribution in [0, 0.1) is 0 Å². The summed E-state index contributed by atoms with van der Waals surface area (Å²) in [6.07, 6.45) is 2.72. The van der Waals surface area contributed by atoms with Crippen LogP contribution in [0.25, 0.3) is 0 Å². The Kier molecular flexibility index (Phi) is 4.52. The molecule has 3 nitrogen and oxygen atoms in total. The van der Waals surface area contributed by atoms with Gasteiger partial charge in [0, 0.05) is 0 Å². The van der Waals surface area contributed by atoms with Gasteiger partial charge >= 0.3 is 5.97 Å². The fourth-order valence-corrected chi connectivity index (χ4v) is 0.588. The molecule has 0 unspecified atom stereocenters. The fraction of sp³-hybridized carbons (Fsp3) is 0.700. The Morgan fingerprint density at radius 2 is 1.85 bits per heavy atom. The quantitative estimate of drug-likeness (QED) is 0.385. The summed E-state index contributed by atoms with van der Waals surface area (Å²) in [6, 6.07) is 0. The Hall–Kier alpha value is -0.990. The Labute approximate surface area is 79.7 Å². The lowest BCUT2D eigenvalue weighted by Gasteiger charge is -2.17. The standard InChI is InChI=1S/C10H18O3/c1-8(2)12-7-6-9(11)13-10(3,4)5/h6-8H,1-5H3. The largest absolute Gasteiger partial charge is 0.498 e. The molecule has 0 rings (SSSR count). The zero-order valence-corrected chi connectivity index (χ0v) is 8.96. The molecule has 0 fully saturated rings. The van der Waals surface area contributed by atoms with Gasteiger partial charge in [-0.3, -0.25) is 0 Å². The summed E-state index contributed by atoms with van der Waals surface area (Å²) in [7, 11) is 0. The first-order chi connectivity index (χ1) is 5.81. The second-order valence-corrected chi connectivity index (χ2v) is 4.02. The molecule has 0 aliphatic carbocycles. The fourth-order valence-electron chi connectivity index (χ4n) is 0.588. The molecule has 13 heavy (non-hydrogen) atoms. The lowest BCUT2D eigenvalue weighted by molar-refractivity contribution is -0.148.